The van der Waals surface area contributed by atoms with Crippen LogP contribution < -0.4 is 5.32 Å². The van der Waals surface area contributed by atoms with Crippen LogP contribution in [0, 0.1) is 7.14 Å². The van der Waals surface area contributed by atoms with Gasteiger partial charge < -0.3 is 15.5 Å². The molecule has 0 aliphatic carbocycles. The second-order valence-corrected chi connectivity index (χ2v) is 7.69. The van der Waals surface area contributed by atoms with Gasteiger partial charge in [0.05, 0.1) is 19.8 Å². The fourth-order valence-electron chi connectivity index (χ4n) is 1.55. The van der Waals surface area contributed by atoms with Gasteiger partial charge in [-0.2, -0.15) is 5.10 Å². The Labute approximate surface area is 156 Å². The number of phenolic OH excluding ortho intramolecular Hbond substituents is 1. The topological polar surface area (TPSA) is 111 Å². The molecule has 1 aliphatic heterocycles. The van der Waals surface area contributed by atoms with Gasteiger partial charge in [-0.15, -0.1) is 5.10 Å². The van der Waals surface area contributed by atoms with E-state index < -0.39 is 11.2 Å². The molecule has 1 fully saturated rings. The second-order valence-electron chi connectivity index (χ2n) is 4.18. The molecule has 22 heavy (non-hydrogen) atoms. The van der Waals surface area contributed by atoms with Crippen molar-refractivity contribution in [3.63, 3.8) is 0 Å². The molecule has 1 atom stereocenters. The monoisotopic (exact) mass is 545 g/mol. The molecule has 3 N–H and O–H groups in total. The van der Waals surface area contributed by atoms with Crippen molar-refractivity contribution in [2.75, 3.05) is 0 Å². The van der Waals surface area contributed by atoms with Gasteiger partial charge in [-0.05, 0) is 62.9 Å². The van der Waals surface area contributed by atoms with Crippen LogP contribution in [0.1, 0.15) is 12.0 Å². The van der Waals surface area contributed by atoms with Gasteiger partial charge >= 0.3 is 5.97 Å². The maximum atomic E-state index is 11.5. The van der Waals surface area contributed by atoms with Crippen LogP contribution in [0.2, 0.25) is 0 Å². The van der Waals surface area contributed by atoms with E-state index in [-0.39, 0.29) is 23.2 Å². The highest BCUT2D eigenvalue weighted by atomic mass is 127. The minimum Gasteiger partial charge on any atom is -0.506 e. The first-order chi connectivity index (χ1) is 10.4. The van der Waals surface area contributed by atoms with Gasteiger partial charge in [0.25, 0.3) is 0 Å². The lowest BCUT2D eigenvalue weighted by Crippen LogP contribution is -2.26. The van der Waals surface area contributed by atoms with Crippen LogP contribution >= 0.6 is 56.9 Å². The molecule has 2 rings (SSSR count). The third-order valence-electron chi connectivity index (χ3n) is 2.53. The SMILES string of the molecule is O=C(O)CC1SC(=NN=Cc2cc(I)c(O)c(I)c2)NC1=O. The van der Waals surface area contributed by atoms with Crippen LogP contribution in [0.5, 0.6) is 5.75 Å². The lowest BCUT2D eigenvalue weighted by atomic mass is 10.2. The number of carbonyl (C=O) groups excluding carboxylic acids is 1. The molecule has 1 saturated heterocycles. The summed E-state index contributed by atoms with van der Waals surface area (Å²) in [6.45, 7) is 0. The number of nitrogens with one attached hydrogen (secondary N) is 1. The maximum Gasteiger partial charge on any atom is 0.305 e. The van der Waals surface area contributed by atoms with Gasteiger partial charge in [-0.25, -0.2) is 0 Å². The molecular weight excluding hydrogens is 536 g/mol. The zero-order valence-corrected chi connectivity index (χ0v) is 15.9. The Morgan fingerprint density at radius 3 is 2.64 bits per heavy atom. The van der Waals surface area contributed by atoms with Crippen molar-refractivity contribution in [3.8, 4) is 5.75 Å². The summed E-state index contributed by atoms with van der Waals surface area (Å²) in [6, 6.07) is 3.49. The molecule has 0 bridgehead atoms. The summed E-state index contributed by atoms with van der Waals surface area (Å²) in [5, 5.41) is 28.2. The first kappa shape index (κ1) is 17.5. The van der Waals surface area contributed by atoms with E-state index in [1.54, 1.807) is 12.1 Å². The Morgan fingerprint density at radius 1 is 1.41 bits per heavy atom. The Bertz CT molecular complexity index is 670. The van der Waals surface area contributed by atoms with Crippen LogP contribution in [0.25, 0.3) is 0 Å². The fraction of sp³-hybridized carbons (Fsp3) is 0.167. The molecule has 1 unspecified atom stereocenters. The van der Waals surface area contributed by atoms with Crippen molar-refractivity contribution in [3.05, 3.63) is 24.8 Å². The fourth-order valence-corrected chi connectivity index (χ4v) is 4.28. The van der Waals surface area contributed by atoms with Gasteiger partial charge in [-0.1, -0.05) is 11.8 Å². The van der Waals surface area contributed by atoms with E-state index in [2.05, 4.69) is 15.5 Å². The number of thioether (sulfide) groups is 1. The Balaban J connectivity index is 2.06. The van der Waals surface area contributed by atoms with Crippen molar-refractivity contribution < 1.29 is 19.8 Å². The zero-order valence-electron chi connectivity index (χ0n) is 10.8. The summed E-state index contributed by atoms with van der Waals surface area (Å²) in [4.78, 5) is 22.1. The smallest absolute Gasteiger partial charge is 0.305 e. The molecule has 0 radical (unpaired) electrons. The number of benzene rings is 1. The summed E-state index contributed by atoms with van der Waals surface area (Å²) >= 11 is 5.07. The van der Waals surface area contributed by atoms with E-state index in [1.165, 1.54) is 6.21 Å². The molecule has 7 nitrogen and oxygen atoms in total. The predicted octanol–water partition coefficient (Wildman–Crippen LogP) is 2.00. The molecule has 0 aromatic heterocycles. The Morgan fingerprint density at radius 2 is 2.05 bits per heavy atom. The largest absolute Gasteiger partial charge is 0.506 e. The first-order valence-corrected chi connectivity index (χ1v) is 8.89. The number of nitrogens with zero attached hydrogens (tertiary/aromatic N) is 2. The zero-order chi connectivity index (χ0) is 16.3. The summed E-state index contributed by atoms with van der Waals surface area (Å²) in [5.41, 5.74) is 0.757. The third kappa shape index (κ3) is 4.55. The highest BCUT2D eigenvalue weighted by Crippen LogP contribution is 2.27. The molecule has 1 aromatic rings. The average molecular weight is 545 g/mol. The molecule has 116 valence electrons. The summed E-state index contributed by atoms with van der Waals surface area (Å²) in [6.07, 6.45) is 1.24. The number of amides is 1. The summed E-state index contributed by atoms with van der Waals surface area (Å²) < 4.78 is 1.40. The van der Waals surface area contributed by atoms with Gasteiger partial charge in [0.1, 0.15) is 11.0 Å². The number of carboxylic acids is 1. The van der Waals surface area contributed by atoms with E-state index in [1.807, 2.05) is 45.2 Å². The first-order valence-electron chi connectivity index (χ1n) is 5.85. The number of hydrogen-bond donors (Lipinski definition) is 3. The van der Waals surface area contributed by atoms with Crippen molar-refractivity contribution in [2.24, 2.45) is 10.2 Å². The molecule has 1 aliphatic rings. The number of phenols is 1. The summed E-state index contributed by atoms with van der Waals surface area (Å²) in [7, 11) is 0. The summed E-state index contributed by atoms with van der Waals surface area (Å²) in [5.74, 6) is -1.19. The van der Waals surface area contributed by atoms with E-state index in [4.69, 9.17) is 5.11 Å². The van der Waals surface area contributed by atoms with Gasteiger partial charge in [0, 0.05) is 0 Å². The molecule has 10 heteroatoms. The lowest BCUT2D eigenvalue weighted by Gasteiger charge is -2.01. The van der Waals surface area contributed by atoms with Crippen molar-refractivity contribution in [2.45, 2.75) is 11.7 Å². The van der Waals surface area contributed by atoms with Gasteiger partial charge in [-0.3, -0.25) is 9.59 Å². The highest BCUT2D eigenvalue weighted by Gasteiger charge is 2.32. The number of rotatable bonds is 4. The number of amidine groups is 1. The second kappa shape index (κ2) is 7.59. The number of halogens is 2. The van der Waals surface area contributed by atoms with Crippen molar-refractivity contribution in [1.82, 2.24) is 5.32 Å². The molecule has 0 saturated carbocycles. The average Bonchev–Trinajstić information content (AvgIpc) is 2.75. The molecule has 1 heterocycles. The number of aliphatic carboxylic acids is 1. The van der Waals surface area contributed by atoms with E-state index in [0.29, 0.717) is 7.14 Å². The number of hydrogen-bond acceptors (Lipinski definition) is 6. The third-order valence-corrected chi connectivity index (χ3v) is 5.25. The van der Waals surface area contributed by atoms with E-state index in [9.17, 15) is 14.7 Å². The number of aromatic hydroxyl groups is 1. The molecule has 1 aromatic carbocycles. The van der Waals surface area contributed by atoms with Crippen LogP contribution in [0.15, 0.2) is 22.3 Å². The number of carbonyl (C=O) groups is 2. The van der Waals surface area contributed by atoms with Crippen LogP contribution in [0.3, 0.4) is 0 Å². The van der Waals surface area contributed by atoms with Gasteiger partial charge in [0.2, 0.25) is 5.91 Å². The lowest BCUT2D eigenvalue weighted by molar-refractivity contribution is -0.138. The molecule has 1 amide bonds. The maximum absolute atomic E-state index is 11.5. The van der Waals surface area contributed by atoms with Crippen LogP contribution in [-0.4, -0.2) is 38.7 Å². The predicted molar refractivity (Wildman–Crippen MR) is 100 cm³/mol. The quantitative estimate of drug-likeness (QED) is 0.305. The minimum atomic E-state index is -1.04. The Hall–Kier alpha value is -0.890. The van der Waals surface area contributed by atoms with Crippen molar-refractivity contribution >= 4 is 80.2 Å². The molecule has 0 spiro atoms. The van der Waals surface area contributed by atoms with Crippen molar-refractivity contribution in [1.29, 1.82) is 0 Å². The number of carboxylic acid groups (broad SMARTS) is 1. The van der Waals surface area contributed by atoms with Crippen LogP contribution in [-0.2, 0) is 9.59 Å². The normalized spacial score (nSPS) is 19.8. The highest BCUT2D eigenvalue weighted by molar-refractivity contribution is 14.1. The molecular formula is C12H9I2N3O4S. The standard InChI is InChI=1S/C12H9I2N3O4S/c13-6-1-5(2-7(14)10(6)20)4-15-17-12-16-11(21)8(22-12)3-9(18)19/h1-2,4,8,20H,3H2,(H,18,19)(H,16,17,21). The van der Waals surface area contributed by atoms with Crippen LogP contribution in [0.4, 0.5) is 0 Å². The Kier molecular flexibility index (Phi) is 6.02. The van der Waals surface area contributed by atoms with Gasteiger partial charge in [0.15, 0.2) is 5.17 Å². The van der Waals surface area contributed by atoms with E-state index >= 15 is 0 Å². The van der Waals surface area contributed by atoms with E-state index in [0.717, 1.165) is 17.3 Å². The minimum absolute atomic E-state index is 0.222.